The van der Waals surface area contributed by atoms with Crippen LogP contribution in [0.15, 0.2) is 43.1 Å². The number of hydrogen-bond donors (Lipinski definition) is 1. The molecule has 4 aromatic rings. The summed E-state index contributed by atoms with van der Waals surface area (Å²) in [5.74, 6) is 0.987. The zero-order chi connectivity index (χ0) is 36.6. The highest BCUT2D eigenvalue weighted by molar-refractivity contribution is 7.70. The standard InChI is InChI=1S/C38H41F2N6O5P/c1-5-27-30(39)8-7-24-17-26(52(3,4)48)18-28(32(24)27)34-33(40)35-29(19-41-34)36(46-13-16-50-21-25(20-46)42-31(47)6-2)44-37(43-35)51-23-38(9-10-38)22-45-11-14-49-15-12-45/h1,6-8,17-19,25H,2,9-16,20-23H2,3-4H3,(H,42,47)/t25-/m1/s1. The van der Waals surface area contributed by atoms with Gasteiger partial charge in [0.05, 0.1) is 50.0 Å². The van der Waals surface area contributed by atoms with E-state index in [0.29, 0.717) is 61.4 Å². The molecule has 2 aromatic carbocycles. The molecule has 14 heteroatoms. The Balaban J connectivity index is 1.35. The molecule has 0 radical (unpaired) electrons. The number of terminal acetylenes is 1. The van der Waals surface area contributed by atoms with Gasteiger partial charge >= 0.3 is 6.01 Å². The molecule has 0 bridgehead atoms. The Morgan fingerprint density at radius 3 is 2.65 bits per heavy atom. The number of pyridine rings is 1. The largest absolute Gasteiger partial charge is 0.463 e. The minimum atomic E-state index is -2.86. The van der Waals surface area contributed by atoms with Crippen molar-refractivity contribution >= 4 is 45.8 Å². The van der Waals surface area contributed by atoms with Gasteiger partial charge < -0.3 is 29.0 Å². The average Bonchev–Trinajstić information content (AvgIpc) is 3.94. The maximum atomic E-state index is 17.2. The number of amides is 1. The Morgan fingerprint density at radius 2 is 1.94 bits per heavy atom. The predicted octanol–water partition coefficient (Wildman–Crippen LogP) is 4.35. The minimum absolute atomic E-state index is 0.00997. The van der Waals surface area contributed by atoms with E-state index in [2.05, 4.69) is 32.7 Å². The van der Waals surface area contributed by atoms with Crippen molar-refractivity contribution in [3.63, 3.8) is 0 Å². The molecule has 1 aliphatic carbocycles. The molecule has 2 aliphatic heterocycles. The lowest BCUT2D eigenvalue weighted by molar-refractivity contribution is -0.117. The molecule has 52 heavy (non-hydrogen) atoms. The zero-order valence-electron chi connectivity index (χ0n) is 29.3. The van der Waals surface area contributed by atoms with Crippen LogP contribution in [-0.2, 0) is 18.8 Å². The molecule has 2 aromatic heterocycles. The van der Waals surface area contributed by atoms with Crippen molar-refractivity contribution in [2.24, 2.45) is 5.41 Å². The number of carbonyl (C=O) groups excluding carboxylic acids is 1. The van der Waals surface area contributed by atoms with E-state index in [1.165, 1.54) is 24.4 Å². The van der Waals surface area contributed by atoms with Gasteiger partial charge in [-0.25, -0.2) is 8.78 Å². The second-order valence-electron chi connectivity index (χ2n) is 14.1. The molecule has 272 valence electrons. The third-order valence-electron chi connectivity index (χ3n) is 9.94. The number of carbonyl (C=O) groups is 1. The van der Waals surface area contributed by atoms with Crippen LogP contribution in [0, 0.1) is 29.4 Å². The summed E-state index contributed by atoms with van der Waals surface area (Å²) in [5, 5.41) is 4.44. The van der Waals surface area contributed by atoms with E-state index in [1.807, 2.05) is 4.90 Å². The quantitative estimate of drug-likeness (QED) is 0.143. The average molecular weight is 731 g/mol. The van der Waals surface area contributed by atoms with Gasteiger partial charge in [-0.1, -0.05) is 18.6 Å². The summed E-state index contributed by atoms with van der Waals surface area (Å²) in [4.78, 5) is 30.5. The number of aromatic nitrogens is 3. The minimum Gasteiger partial charge on any atom is -0.463 e. The number of nitrogens with one attached hydrogen (secondary N) is 1. The van der Waals surface area contributed by atoms with Gasteiger partial charge in [0, 0.05) is 60.6 Å². The van der Waals surface area contributed by atoms with Crippen molar-refractivity contribution in [1.82, 2.24) is 25.2 Å². The number of ether oxygens (including phenoxy) is 3. The number of halogens is 2. The van der Waals surface area contributed by atoms with Crippen LogP contribution in [0.4, 0.5) is 14.6 Å². The number of fused-ring (bicyclic) bond motifs is 2. The van der Waals surface area contributed by atoms with Crippen molar-refractivity contribution < 1.29 is 32.4 Å². The number of rotatable bonds is 10. The molecule has 1 N–H and O–H groups in total. The lowest BCUT2D eigenvalue weighted by Crippen LogP contribution is -2.44. The van der Waals surface area contributed by atoms with E-state index < -0.39 is 24.8 Å². The van der Waals surface area contributed by atoms with Crippen molar-refractivity contribution in [3.05, 3.63) is 60.3 Å². The van der Waals surface area contributed by atoms with Crippen molar-refractivity contribution in [1.29, 1.82) is 0 Å². The second-order valence-corrected chi connectivity index (χ2v) is 17.3. The fourth-order valence-electron chi connectivity index (χ4n) is 6.91. The normalized spacial score (nSPS) is 19.2. The number of morpholine rings is 1. The summed E-state index contributed by atoms with van der Waals surface area (Å²) in [5.41, 5.74) is -0.122. The fourth-order valence-corrected chi connectivity index (χ4v) is 7.79. The molecule has 0 unspecified atom stereocenters. The van der Waals surface area contributed by atoms with E-state index in [0.717, 1.165) is 32.5 Å². The maximum Gasteiger partial charge on any atom is 0.319 e. The Labute approximate surface area is 301 Å². The topological polar surface area (TPSA) is 119 Å². The van der Waals surface area contributed by atoms with Crippen LogP contribution in [0.2, 0.25) is 0 Å². The van der Waals surface area contributed by atoms with Gasteiger partial charge in [-0.2, -0.15) is 9.97 Å². The Bertz CT molecular complexity index is 2140. The molecule has 1 amide bonds. The summed E-state index contributed by atoms with van der Waals surface area (Å²) < 4.78 is 63.3. The highest BCUT2D eigenvalue weighted by Gasteiger charge is 2.45. The molecule has 3 aliphatic rings. The first-order chi connectivity index (χ1) is 25.0. The molecule has 7 rings (SSSR count). The summed E-state index contributed by atoms with van der Waals surface area (Å²) in [6.45, 7) is 12.3. The number of benzene rings is 2. The van der Waals surface area contributed by atoms with Crippen molar-refractivity contribution in [2.75, 3.05) is 84.0 Å². The van der Waals surface area contributed by atoms with Gasteiger partial charge in [0.15, 0.2) is 5.82 Å². The molecule has 4 heterocycles. The molecular formula is C38H41F2N6O5P. The second kappa shape index (κ2) is 14.5. The van der Waals surface area contributed by atoms with Crippen LogP contribution in [0.3, 0.4) is 0 Å². The van der Waals surface area contributed by atoms with E-state index in [9.17, 15) is 9.36 Å². The first-order valence-electron chi connectivity index (χ1n) is 17.3. The highest BCUT2D eigenvalue weighted by atomic mass is 31.2. The summed E-state index contributed by atoms with van der Waals surface area (Å²) >= 11 is 0. The zero-order valence-corrected chi connectivity index (χ0v) is 30.2. The van der Waals surface area contributed by atoms with Crippen LogP contribution in [-0.4, -0.2) is 111 Å². The van der Waals surface area contributed by atoms with Crippen LogP contribution >= 0.6 is 7.14 Å². The first kappa shape index (κ1) is 35.9. The van der Waals surface area contributed by atoms with Gasteiger partial charge in [-0.15, -0.1) is 6.42 Å². The Kier molecular flexibility index (Phi) is 10.0. The Hall–Kier alpha value is -4.47. The number of nitrogens with zero attached hydrogens (tertiary/aromatic N) is 5. The highest BCUT2D eigenvalue weighted by Crippen LogP contribution is 2.47. The SMILES string of the molecule is C#Cc1c(F)ccc2cc(P(C)(C)=O)cc(-c3ncc4c(N5CCOC[C@H](NC(=O)C=C)C5)nc(OCC5(CN6CCOCC6)CC5)nc4c3F)c12. The lowest BCUT2D eigenvalue weighted by Gasteiger charge is -2.30. The van der Waals surface area contributed by atoms with Crippen LogP contribution in [0.5, 0.6) is 6.01 Å². The summed E-state index contributed by atoms with van der Waals surface area (Å²) in [6.07, 6.45) is 10.4. The van der Waals surface area contributed by atoms with Gasteiger partial charge in [-0.3, -0.25) is 14.7 Å². The van der Waals surface area contributed by atoms with Crippen LogP contribution in [0.1, 0.15) is 18.4 Å². The lowest BCUT2D eigenvalue weighted by atomic mass is 9.96. The maximum absolute atomic E-state index is 17.2. The monoisotopic (exact) mass is 730 g/mol. The first-order valence-corrected chi connectivity index (χ1v) is 19.9. The molecular weight excluding hydrogens is 689 g/mol. The molecule has 1 atom stereocenters. The third-order valence-corrected chi connectivity index (χ3v) is 11.4. The van der Waals surface area contributed by atoms with E-state index in [1.54, 1.807) is 25.5 Å². The van der Waals surface area contributed by atoms with E-state index in [4.69, 9.17) is 25.6 Å². The molecule has 11 nitrogen and oxygen atoms in total. The van der Waals surface area contributed by atoms with Gasteiger partial charge in [-0.05, 0) is 55.8 Å². The smallest absolute Gasteiger partial charge is 0.319 e. The molecule has 0 spiro atoms. The van der Waals surface area contributed by atoms with Gasteiger partial charge in [0.2, 0.25) is 5.91 Å². The summed E-state index contributed by atoms with van der Waals surface area (Å²) in [6, 6.07) is 5.63. The number of anilines is 1. The number of hydrogen-bond acceptors (Lipinski definition) is 10. The molecule has 2 saturated heterocycles. The van der Waals surface area contributed by atoms with Crippen molar-refractivity contribution in [2.45, 2.75) is 18.9 Å². The van der Waals surface area contributed by atoms with E-state index in [-0.39, 0.29) is 51.7 Å². The molecule has 3 fully saturated rings. The van der Waals surface area contributed by atoms with Crippen LogP contribution < -0.4 is 20.3 Å². The van der Waals surface area contributed by atoms with Gasteiger partial charge in [0.1, 0.15) is 30.0 Å². The fraction of sp³-hybridized carbons (Fsp3) is 0.421. The third kappa shape index (κ3) is 7.39. The summed E-state index contributed by atoms with van der Waals surface area (Å²) in [7, 11) is -2.86. The molecule has 1 saturated carbocycles. The van der Waals surface area contributed by atoms with E-state index >= 15 is 8.78 Å². The van der Waals surface area contributed by atoms with Crippen LogP contribution in [0.25, 0.3) is 32.9 Å². The van der Waals surface area contributed by atoms with Gasteiger partial charge in [0.25, 0.3) is 0 Å². The Morgan fingerprint density at radius 1 is 1.17 bits per heavy atom. The predicted molar refractivity (Wildman–Crippen MR) is 197 cm³/mol. The van der Waals surface area contributed by atoms with Crippen molar-refractivity contribution in [3.8, 4) is 29.6 Å².